The summed E-state index contributed by atoms with van der Waals surface area (Å²) in [4.78, 5) is 4.25. The summed E-state index contributed by atoms with van der Waals surface area (Å²) >= 11 is 7.26. The van der Waals surface area contributed by atoms with Crippen LogP contribution in [0.25, 0.3) is 11.5 Å². The molecule has 0 saturated carbocycles. The molecular formula is C19H21N3O2S2. The SMILES string of the molecule is CCOc1ccccc1-c1nn(CN2CCc3sccc3[C@H]2C)c(=S)o1. The van der Waals surface area contributed by atoms with Gasteiger partial charge in [-0.2, -0.15) is 0 Å². The highest BCUT2D eigenvalue weighted by Crippen LogP contribution is 2.33. The van der Waals surface area contributed by atoms with E-state index in [0.717, 1.165) is 24.3 Å². The maximum atomic E-state index is 5.78. The quantitative estimate of drug-likeness (QED) is 0.582. The zero-order valence-electron chi connectivity index (χ0n) is 14.8. The Morgan fingerprint density at radius 3 is 3.04 bits per heavy atom. The smallest absolute Gasteiger partial charge is 0.288 e. The molecule has 0 unspecified atom stereocenters. The molecule has 0 fully saturated rings. The molecule has 3 aromatic rings. The predicted octanol–water partition coefficient (Wildman–Crippen LogP) is 4.91. The second-order valence-electron chi connectivity index (χ2n) is 6.28. The minimum atomic E-state index is 0.350. The maximum absolute atomic E-state index is 5.78. The monoisotopic (exact) mass is 387 g/mol. The van der Waals surface area contributed by atoms with Crippen LogP contribution in [0.1, 0.15) is 30.3 Å². The van der Waals surface area contributed by atoms with Crippen LogP contribution in [0.5, 0.6) is 5.75 Å². The molecule has 0 spiro atoms. The Kier molecular flexibility index (Phi) is 4.93. The molecule has 0 aliphatic carbocycles. The van der Waals surface area contributed by atoms with E-state index in [1.54, 1.807) is 4.68 Å². The lowest BCUT2D eigenvalue weighted by Crippen LogP contribution is -2.35. The number of ether oxygens (including phenoxy) is 1. The van der Waals surface area contributed by atoms with Crippen molar-refractivity contribution in [1.82, 2.24) is 14.7 Å². The molecule has 5 nitrogen and oxygen atoms in total. The number of rotatable bonds is 5. The summed E-state index contributed by atoms with van der Waals surface area (Å²) < 4.78 is 13.2. The Labute approximate surface area is 161 Å². The fourth-order valence-corrected chi connectivity index (χ4v) is 4.50. The number of thiophene rings is 1. The van der Waals surface area contributed by atoms with Crippen LogP contribution in [0.2, 0.25) is 0 Å². The van der Waals surface area contributed by atoms with Gasteiger partial charge in [0, 0.05) is 17.5 Å². The molecule has 1 atom stereocenters. The molecular weight excluding hydrogens is 366 g/mol. The van der Waals surface area contributed by atoms with Crippen LogP contribution in [0.15, 0.2) is 40.1 Å². The van der Waals surface area contributed by atoms with Crippen molar-refractivity contribution >= 4 is 23.6 Å². The van der Waals surface area contributed by atoms with E-state index in [1.165, 1.54) is 10.4 Å². The Bertz CT molecular complexity index is 960. The third kappa shape index (κ3) is 3.22. The van der Waals surface area contributed by atoms with Gasteiger partial charge in [-0.25, -0.2) is 4.68 Å². The zero-order valence-corrected chi connectivity index (χ0v) is 16.5. The lowest BCUT2D eigenvalue weighted by molar-refractivity contribution is 0.142. The lowest BCUT2D eigenvalue weighted by atomic mass is 10.0. The number of para-hydroxylation sites is 1. The van der Waals surface area contributed by atoms with Crippen LogP contribution < -0.4 is 4.74 Å². The molecule has 0 amide bonds. The zero-order chi connectivity index (χ0) is 18.1. The molecule has 0 N–H and O–H groups in total. The first-order valence-corrected chi connectivity index (χ1v) is 10.1. The molecule has 26 heavy (non-hydrogen) atoms. The second kappa shape index (κ2) is 7.34. The first kappa shape index (κ1) is 17.5. The van der Waals surface area contributed by atoms with E-state index in [-0.39, 0.29) is 0 Å². The number of aromatic nitrogens is 2. The molecule has 0 saturated heterocycles. The third-order valence-electron chi connectivity index (χ3n) is 4.74. The van der Waals surface area contributed by atoms with Gasteiger partial charge in [-0.05, 0) is 61.6 Å². The minimum Gasteiger partial charge on any atom is -0.493 e. The van der Waals surface area contributed by atoms with Crippen LogP contribution in [0.3, 0.4) is 0 Å². The summed E-state index contributed by atoms with van der Waals surface area (Å²) in [5.74, 6) is 1.26. The lowest BCUT2D eigenvalue weighted by Gasteiger charge is -2.32. The number of nitrogens with zero attached hydrogens (tertiary/aromatic N) is 3. The highest BCUT2D eigenvalue weighted by molar-refractivity contribution is 7.71. The molecule has 0 radical (unpaired) electrons. The summed E-state index contributed by atoms with van der Waals surface area (Å²) in [6, 6.07) is 10.3. The van der Waals surface area contributed by atoms with Crippen LogP contribution >= 0.6 is 23.6 Å². The molecule has 4 rings (SSSR count). The summed E-state index contributed by atoms with van der Waals surface area (Å²) in [5.41, 5.74) is 2.24. The van der Waals surface area contributed by atoms with Gasteiger partial charge in [-0.15, -0.1) is 16.4 Å². The van der Waals surface area contributed by atoms with Crippen molar-refractivity contribution in [3.05, 3.63) is 51.0 Å². The molecule has 1 aliphatic rings. The van der Waals surface area contributed by atoms with Crippen LogP contribution in [0, 0.1) is 4.84 Å². The fraction of sp³-hybridized carbons (Fsp3) is 0.368. The summed E-state index contributed by atoms with van der Waals surface area (Å²) in [6.45, 7) is 6.40. The average Bonchev–Trinajstić information content (AvgIpc) is 3.26. The van der Waals surface area contributed by atoms with Crippen LogP contribution in [-0.4, -0.2) is 27.8 Å². The van der Waals surface area contributed by atoms with Crippen molar-refractivity contribution in [2.45, 2.75) is 33.0 Å². The van der Waals surface area contributed by atoms with Gasteiger partial charge < -0.3 is 9.15 Å². The normalized spacial score (nSPS) is 17.2. The summed E-state index contributed by atoms with van der Waals surface area (Å²) in [5, 5.41) is 6.80. The van der Waals surface area contributed by atoms with E-state index < -0.39 is 0 Å². The topological polar surface area (TPSA) is 43.4 Å². The van der Waals surface area contributed by atoms with Gasteiger partial charge in [0.2, 0.25) is 0 Å². The van der Waals surface area contributed by atoms with Crippen molar-refractivity contribution in [3.63, 3.8) is 0 Å². The van der Waals surface area contributed by atoms with Gasteiger partial charge in [0.15, 0.2) is 0 Å². The van der Waals surface area contributed by atoms with E-state index in [1.807, 2.05) is 42.5 Å². The highest BCUT2D eigenvalue weighted by atomic mass is 32.1. The van der Waals surface area contributed by atoms with Crippen molar-refractivity contribution in [2.24, 2.45) is 0 Å². The van der Waals surface area contributed by atoms with Crippen molar-refractivity contribution < 1.29 is 9.15 Å². The molecule has 1 aliphatic heterocycles. The molecule has 136 valence electrons. The molecule has 1 aromatic carbocycles. The van der Waals surface area contributed by atoms with E-state index in [0.29, 0.717) is 30.0 Å². The maximum Gasteiger partial charge on any atom is 0.288 e. The van der Waals surface area contributed by atoms with Crippen molar-refractivity contribution in [1.29, 1.82) is 0 Å². The molecule has 0 bridgehead atoms. The summed E-state index contributed by atoms with van der Waals surface area (Å²) in [6.07, 6.45) is 1.07. The van der Waals surface area contributed by atoms with Crippen LogP contribution in [-0.2, 0) is 13.1 Å². The largest absolute Gasteiger partial charge is 0.493 e. The van der Waals surface area contributed by atoms with E-state index >= 15 is 0 Å². The van der Waals surface area contributed by atoms with Crippen molar-refractivity contribution in [3.8, 4) is 17.2 Å². The highest BCUT2D eigenvalue weighted by Gasteiger charge is 2.25. The van der Waals surface area contributed by atoms with E-state index in [4.69, 9.17) is 21.4 Å². The number of fused-ring (bicyclic) bond motifs is 1. The van der Waals surface area contributed by atoms with Gasteiger partial charge in [-0.1, -0.05) is 12.1 Å². The van der Waals surface area contributed by atoms with Gasteiger partial charge in [0.1, 0.15) is 5.75 Å². The second-order valence-corrected chi connectivity index (χ2v) is 7.63. The van der Waals surface area contributed by atoms with Gasteiger partial charge in [0.25, 0.3) is 10.7 Å². The standard InChI is InChI=1S/C19H21N3O2S2/c1-3-23-16-7-5-4-6-15(16)18-20-22(19(25)24-18)12-21-10-8-17-14(13(21)2)9-11-26-17/h4-7,9,11,13H,3,8,10,12H2,1-2H3/t13-/m1/s1. The van der Waals surface area contributed by atoms with Crippen LogP contribution in [0.4, 0.5) is 0 Å². The third-order valence-corrected chi connectivity index (χ3v) is 6.03. The number of benzene rings is 1. The summed E-state index contributed by atoms with van der Waals surface area (Å²) in [7, 11) is 0. The van der Waals surface area contributed by atoms with Gasteiger partial charge in [0.05, 0.1) is 18.8 Å². The molecule has 3 heterocycles. The Morgan fingerprint density at radius 1 is 1.35 bits per heavy atom. The number of hydrogen-bond acceptors (Lipinski definition) is 6. The molecule has 2 aromatic heterocycles. The minimum absolute atomic E-state index is 0.350. The van der Waals surface area contributed by atoms with Gasteiger partial charge in [-0.3, -0.25) is 4.90 Å². The van der Waals surface area contributed by atoms with E-state index in [9.17, 15) is 0 Å². The van der Waals surface area contributed by atoms with Crippen molar-refractivity contribution in [2.75, 3.05) is 13.2 Å². The number of hydrogen-bond donors (Lipinski definition) is 0. The Morgan fingerprint density at radius 2 is 2.19 bits per heavy atom. The predicted molar refractivity (Wildman–Crippen MR) is 105 cm³/mol. The first-order valence-electron chi connectivity index (χ1n) is 8.78. The average molecular weight is 388 g/mol. The molecule has 7 heteroatoms. The first-order chi connectivity index (χ1) is 12.7. The van der Waals surface area contributed by atoms with Gasteiger partial charge >= 0.3 is 0 Å². The Balaban J connectivity index is 1.59. The van der Waals surface area contributed by atoms with E-state index in [2.05, 4.69) is 28.4 Å². The Hall–Kier alpha value is -1.96. The fourth-order valence-electron chi connectivity index (χ4n) is 3.36.